The molecular formula is C17H18Cl2N2. The molecule has 1 aliphatic rings. The fourth-order valence-corrected chi connectivity index (χ4v) is 3.57. The van der Waals surface area contributed by atoms with Crippen LogP contribution in [0.2, 0.25) is 10.0 Å². The van der Waals surface area contributed by atoms with Crippen molar-refractivity contribution in [2.24, 2.45) is 5.84 Å². The minimum absolute atomic E-state index is 0.278. The van der Waals surface area contributed by atoms with Crippen molar-refractivity contribution in [3.8, 4) is 0 Å². The third-order valence-electron chi connectivity index (χ3n) is 4.30. The van der Waals surface area contributed by atoms with Crippen molar-refractivity contribution in [1.82, 2.24) is 5.01 Å². The van der Waals surface area contributed by atoms with E-state index in [4.69, 9.17) is 29.0 Å². The largest absolute Gasteiger partial charge is 0.268 e. The average molecular weight is 321 g/mol. The Bertz CT molecular complexity index is 655. The molecule has 0 amide bonds. The molecule has 0 spiro atoms. The molecular weight excluding hydrogens is 303 g/mol. The van der Waals surface area contributed by atoms with Gasteiger partial charge in [-0.2, -0.15) is 0 Å². The molecule has 0 aromatic heterocycles. The van der Waals surface area contributed by atoms with Crippen LogP contribution in [0.15, 0.2) is 42.5 Å². The molecule has 2 atom stereocenters. The summed E-state index contributed by atoms with van der Waals surface area (Å²) in [5, 5.41) is 3.03. The SMILES string of the molecule is CN(N)[C@H]1CC[C@@H](c2ccc(Cl)c(Cl)c2)c2ccccc21. The highest BCUT2D eigenvalue weighted by molar-refractivity contribution is 6.42. The minimum atomic E-state index is 0.278. The zero-order valence-electron chi connectivity index (χ0n) is 11.9. The number of halogens is 2. The fraction of sp³-hybridized carbons (Fsp3) is 0.294. The van der Waals surface area contributed by atoms with E-state index in [0.717, 1.165) is 12.8 Å². The van der Waals surface area contributed by atoms with Crippen LogP contribution in [0.4, 0.5) is 0 Å². The molecule has 0 radical (unpaired) electrons. The van der Waals surface area contributed by atoms with E-state index in [9.17, 15) is 0 Å². The van der Waals surface area contributed by atoms with Crippen LogP contribution in [0.1, 0.15) is 41.5 Å². The molecule has 2 nitrogen and oxygen atoms in total. The second kappa shape index (κ2) is 5.98. The molecule has 0 heterocycles. The Labute approximate surface area is 135 Å². The van der Waals surface area contributed by atoms with Crippen LogP contribution in [0.3, 0.4) is 0 Å². The first-order chi connectivity index (χ1) is 10.1. The Kier molecular flexibility index (Phi) is 4.23. The van der Waals surface area contributed by atoms with Crippen LogP contribution >= 0.6 is 23.2 Å². The highest BCUT2D eigenvalue weighted by atomic mass is 35.5. The number of fused-ring (bicyclic) bond motifs is 1. The molecule has 110 valence electrons. The number of benzene rings is 2. The molecule has 0 saturated carbocycles. The first-order valence-corrected chi connectivity index (χ1v) is 7.85. The zero-order valence-corrected chi connectivity index (χ0v) is 13.4. The second-order valence-electron chi connectivity index (χ2n) is 5.61. The van der Waals surface area contributed by atoms with E-state index < -0.39 is 0 Å². The van der Waals surface area contributed by atoms with Gasteiger partial charge < -0.3 is 0 Å². The Morgan fingerprint density at radius 3 is 2.38 bits per heavy atom. The van der Waals surface area contributed by atoms with Crippen molar-refractivity contribution in [1.29, 1.82) is 0 Å². The summed E-state index contributed by atoms with van der Waals surface area (Å²) < 4.78 is 0. The summed E-state index contributed by atoms with van der Waals surface area (Å²) in [4.78, 5) is 0. The lowest BCUT2D eigenvalue weighted by Crippen LogP contribution is -2.34. The number of nitrogens with two attached hydrogens (primary N) is 1. The summed E-state index contributed by atoms with van der Waals surface area (Å²) in [6.07, 6.45) is 2.09. The van der Waals surface area contributed by atoms with Crippen molar-refractivity contribution in [3.05, 3.63) is 69.2 Å². The van der Waals surface area contributed by atoms with Gasteiger partial charge in [-0.3, -0.25) is 5.84 Å². The Balaban J connectivity index is 2.05. The van der Waals surface area contributed by atoms with E-state index in [1.807, 2.05) is 24.2 Å². The van der Waals surface area contributed by atoms with E-state index in [0.29, 0.717) is 16.0 Å². The lowest BCUT2D eigenvalue weighted by molar-refractivity contribution is 0.223. The summed E-state index contributed by atoms with van der Waals surface area (Å²) in [6, 6.07) is 14.7. The van der Waals surface area contributed by atoms with E-state index >= 15 is 0 Å². The predicted octanol–water partition coefficient (Wildman–Crippen LogP) is 4.77. The van der Waals surface area contributed by atoms with Gasteiger partial charge in [-0.25, -0.2) is 5.01 Å². The summed E-state index contributed by atoms with van der Waals surface area (Å²) in [6.45, 7) is 0. The van der Waals surface area contributed by atoms with E-state index in [1.165, 1.54) is 16.7 Å². The summed E-state index contributed by atoms with van der Waals surface area (Å²) in [7, 11) is 1.93. The maximum absolute atomic E-state index is 6.18. The molecule has 1 aliphatic carbocycles. The molecule has 3 rings (SSSR count). The molecule has 4 heteroatoms. The number of hydrazine groups is 1. The highest BCUT2D eigenvalue weighted by Gasteiger charge is 2.29. The van der Waals surface area contributed by atoms with Crippen molar-refractivity contribution in [3.63, 3.8) is 0 Å². The number of hydrogen-bond acceptors (Lipinski definition) is 2. The fourth-order valence-electron chi connectivity index (χ4n) is 3.27. The Hall–Kier alpha value is -1.06. The topological polar surface area (TPSA) is 29.3 Å². The van der Waals surface area contributed by atoms with Crippen molar-refractivity contribution < 1.29 is 0 Å². The minimum Gasteiger partial charge on any atom is -0.268 e. The number of nitrogens with zero attached hydrogens (tertiary/aromatic N) is 1. The molecule has 0 fully saturated rings. The van der Waals surface area contributed by atoms with Crippen LogP contribution in [0.25, 0.3) is 0 Å². The molecule has 0 aliphatic heterocycles. The quantitative estimate of drug-likeness (QED) is 0.638. The van der Waals surface area contributed by atoms with Crippen LogP contribution in [0.5, 0.6) is 0 Å². The van der Waals surface area contributed by atoms with Crippen LogP contribution in [-0.2, 0) is 0 Å². The number of hydrogen-bond donors (Lipinski definition) is 1. The summed E-state index contributed by atoms with van der Waals surface area (Å²) >= 11 is 12.2. The zero-order chi connectivity index (χ0) is 15.0. The van der Waals surface area contributed by atoms with Crippen LogP contribution in [0, 0.1) is 0 Å². The molecule has 0 unspecified atom stereocenters. The smallest absolute Gasteiger partial charge is 0.0595 e. The highest BCUT2D eigenvalue weighted by Crippen LogP contribution is 2.43. The number of rotatable bonds is 2. The van der Waals surface area contributed by atoms with E-state index in [-0.39, 0.29) is 6.04 Å². The summed E-state index contributed by atoms with van der Waals surface area (Å²) in [5.74, 6) is 6.36. The summed E-state index contributed by atoms with van der Waals surface area (Å²) in [5.41, 5.74) is 3.87. The van der Waals surface area contributed by atoms with Gasteiger partial charge in [0.25, 0.3) is 0 Å². The first-order valence-electron chi connectivity index (χ1n) is 7.09. The van der Waals surface area contributed by atoms with Crippen molar-refractivity contribution in [2.45, 2.75) is 24.8 Å². The van der Waals surface area contributed by atoms with Crippen molar-refractivity contribution in [2.75, 3.05) is 7.05 Å². The monoisotopic (exact) mass is 320 g/mol. The maximum Gasteiger partial charge on any atom is 0.0595 e. The van der Waals surface area contributed by atoms with Crippen molar-refractivity contribution >= 4 is 23.2 Å². The average Bonchev–Trinajstić information content (AvgIpc) is 2.49. The lowest BCUT2D eigenvalue weighted by atomic mass is 9.76. The molecule has 21 heavy (non-hydrogen) atoms. The van der Waals surface area contributed by atoms with Crippen LogP contribution in [-0.4, -0.2) is 12.1 Å². The molecule has 2 aromatic rings. The molecule has 2 aromatic carbocycles. The normalized spacial score (nSPS) is 21.4. The third kappa shape index (κ3) is 2.82. The van der Waals surface area contributed by atoms with Gasteiger partial charge in [-0.15, -0.1) is 0 Å². The van der Waals surface area contributed by atoms with Gasteiger partial charge in [0, 0.05) is 19.0 Å². The Morgan fingerprint density at radius 1 is 1.00 bits per heavy atom. The predicted molar refractivity (Wildman–Crippen MR) is 88.7 cm³/mol. The van der Waals surface area contributed by atoms with Gasteiger partial charge in [0.15, 0.2) is 0 Å². The first kappa shape index (κ1) is 14.9. The van der Waals surface area contributed by atoms with Gasteiger partial charge in [0.1, 0.15) is 0 Å². The maximum atomic E-state index is 6.18. The van der Waals surface area contributed by atoms with Gasteiger partial charge in [0.2, 0.25) is 0 Å². The van der Waals surface area contributed by atoms with Gasteiger partial charge in [-0.05, 0) is 41.7 Å². The van der Waals surface area contributed by atoms with Gasteiger partial charge >= 0.3 is 0 Å². The third-order valence-corrected chi connectivity index (χ3v) is 5.04. The van der Waals surface area contributed by atoms with E-state index in [1.54, 1.807) is 0 Å². The molecule has 2 N–H and O–H groups in total. The lowest BCUT2D eigenvalue weighted by Gasteiger charge is -2.35. The molecule has 0 saturated heterocycles. The Morgan fingerprint density at radius 2 is 1.71 bits per heavy atom. The van der Waals surface area contributed by atoms with E-state index in [2.05, 4.69) is 30.3 Å². The standard InChI is InChI=1S/C17H18Cl2N2/c1-21(20)17-9-7-12(13-4-2-3-5-14(13)17)11-6-8-15(18)16(19)10-11/h2-6,8,10,12,17H,7,9,20H2,1H3/t12-,17-/m0/s1. The van der Waals surface area contributed by atoms with Crippen LogP contribution < -0.4 is 5.84 Å². The van der Waals surface area contributed by atoms with Gasteiger partial charge in [0.05, 0.1) is 10.0 Å². The second-order valence-corrected chi connectivity index (χ2v) is 6.43. The molecule has 0 bridgehead atoms. The van der Waals surface area contributed by atoms with Gasteiger partial charge in [-0.1, -0.05) is 53.5 Å².